The van der Waals surface area contributed by atoms with Crippen molar-refractivity contribution in [1.29, 1.82) is 0 Å². The van der Waals surface area contributed by atoms with Crippen LogP contribution >= 0.6 is 0 Å². The van der Waals surface area contributed by atoms with E-state index in [4.69, 9.17) is 5.11 Å². The molecule has 0 fully saturated rings. The van der Waals surface area contributed by atoms with Gasteiger partial charge in [0.15, 0.2) is 5.75 Å². The fourth-order valence-electron chi connectivity index (χ4n) is 1.29. The predicted molar refractivity (Wildman–Crippen MR) is 51.5 cm³/mol. The first-order valence-corrected chi connectivity index (χ1v) is 4.42. The quantitative estimate of drug-likeness (QED) is 0.643. The number of aromatic carboxylic acids is 1. The molecule has 1 aromatic rings. The molecule has 0 aliphatic heterocycles. The molecule has 0 unspecified atom stereocenters. The Morgan fingerprint density at radius 1 is 1.39 bits per heavy atom. The van der Waals surface area contributed by atoms with E-state index >= 15 is 0 Å². The van der Waals surface area contributed by atoms with E-state index in [2.05, 4.69) is 0 Å². The molecule has 98 valence electrons. The molecule has 0 saturated carbocycles. The van der Waals surface area contributed by atoms with Crippen molar-refractivity contribution in [1.82, 2.24) is 0 Å². The third kappa shape index (κ3) is 3.09. The second kappa shape index (κ2) is 4.51. The molecule has 6 nitrogen and oxygen atoms in total. The van der Waals surface area contributed by atoms with Crippen LogP contribution in [0.5, 0.6) is 5.75 Å². The second-order valence-corrected chi connectivity index (χ2v) is 3.36. The van der Waals surface area contributed by atoms with Crippen LogP contribution in [0.25, 0.3) is 0 Å². The van der Waals surface area contributed by atoms with Crippen molar-refractivity contribution in [3.63, 3.8) is 0 Å². The summed E-state index contributed by atoms with van der Waals surface area (Å²) in [5.74, 6) is -2.80. The lowest BCUT2D eigenvalue weighted by Gasteiger charge is -2.09. The van der Waals surface area contributed by atoms with Crippen LogP contribution in [0.4, 0.5) is 18.9 Å². The number of carboxylic acids is 1. The van der Waals surface area contributed by atoms with Gasteiger partial charge in [-0.05, 0) is 6.07 Å². The topological polar surface area (TPSA) is 101 Å². The smallest absolute Gasteiger partial charge is 0.393 e. The minimum Gasteiger partial charge on any atom is -0.502 e. The normalized spacial score (nSPS) is 11.3. The van der Waals surface area contributed by atoms with E-state index in [9.17, 15) is 33.2 Å². The van der Waals surface area contributed by atoms with Gasteiger partial charge in [0.05, 0.1) is 16.9 Å². The Morgan fingerprint density at radius 3 is 2.33 bits per heavy atom. The number of aromatic hydroxyl groups is 1. The fourth-order valence-corrected chi connectivity index (χ4v) is 1.29. The molecule has 0 amide bonds. The summed E-state index contributed by atoms with van der Waals surface area (Å²) in [6, 6.07) is 1.05. The van der Waals surface area contributed by atoms with Crippen LogP contribution in [-0.4, -0.2) is 27.3 Å². The molecule has 0 aliphatic carbocycles. The van der Waals surface area contributed by atoms with Gasteiger partial charge in [-0.25, -0.2) is 4.79 Å². The van der Waals surface area contributed by atoms with Crippen LogP contribution in [0.2, 0.25) is 0 Å². The molecule has 1 aromatic carbocycles. The highest BCUT2D eigenvalue weighted by molar-refractivity contribution is 5.89. The number of nitro groups is 1. The Hall–Kier alpha value is -2.32. The van der Waals surface area contributed by atoms with Gasteiger partial charge in [0.2, 0.25) is 0 Å². The number of alkyl halides is 3. The molecule has 0 aliphatic rings. The Bertz CT molecular complexity index is 512. The number of phenols is 1. The van der Waals surface area contributed by atoms with Gasteiger partial charge >= 0.3 is 17.8 Å². The van der Waals surface area contributed by atoms with E-state index < -0.39 is 46.1 Å². The molecule has 9 heteroatoms. The van der Waals surface area contributed by atoms with Crippen molar-refractivity contribution >= 4 is 11.7 Å². The fraction of sp³-hybridized carbons (Fsp3) is 0.222. The van der Waals surface area contributed by atoms with Gasteiger partial charge in [-0.1, -0.05) is 0 Å². The zero-order valence-electron chi connectivity index (χ0n) is 8.56. The standard InChI is InChI=1S/C9H6F3NO5/c10-9(11,12)3-5-1-4(8(15)16)2-6(7(5)14)13(17)18/h1-2,14H,3H2,(H,15,16). The predicted octanol–water partition coefficient (Wildman–Crippen LogP) is 2.10. The minimum atomic E-state index is -4.72. The van der Waals surface area contributed by atoms with Crippen LogP contribution < -0.4 is 0 Å². The summed E-state index contributed by atoms with van der Waals surface area (Å²) in [5.41, 5.74) is -2.62. The average Bonchev–Trinajstić information content (AvgIpc) is 2.18. The first kappa shape index (κ1) is 13.7. The number of nitrogens with zero attached hydrogens (tertiary/aromatic N) is 1. The first-order chi connectivity index (χ1) is 8.11. The molecular weight excluding hydrogens is 259 g/mol. The summed E-state index contributed by atoms with van der Waals surface area (Å²) in [5, 5.41) is 28.4. The Morgan fingerprint density at radius 2 is 1.94 bits per heavy atom. The summed E-state index contributed by atoms with van der Waals surface area (Å²) >= 11 is 0. The van der Waals surface area contributed by atoms with E-state index in [0.717, 1.165) is 0 Å². The molecule has 0 bridgehead atoms. The average molecular weight is 265 g/mol. The number of hydrogen-bond acceptors (Lipinski definition) is 4. The van der Waals surface area contributed by atoms with E-state index in [-0.39, 0.29) is 0 Å². The number of rotatable bonds is 3. The van der Waals surface area contributed by atoms with E-state index in [1.165, 1.54) is 0 Å². The number of nitro benzene ring substituents is 1. The third-order valence-corrected chi connectivity index (χ3v) is 2.00. The summed E-state index contributed by atoms with van der Waals surface area (Å²) < 4.78 is 36.5. The Balaban J connectivity index is 3.40. The molecule has 0 spiro atoms. The summed E-state index contributed by atoms with van der Waals surface area (Å²) in [4.78, 5) is 20.0. The van der Waals surface area contributed by atoms with Crippen molar-refractivity contribution in [3.8, 4) is 5.75 Å². The SMILES string of the molecule is O=C(O)c1cc(CC(F)(F)F)c(O)c([N+](=O)[O-])c1. The lowest BCUT2D eigenvalue weighted by atomic mass is 10.0. The molecular formula is C9H6F3NO5. The van der Waals surface area contributed by atoms with Gasteiger partial charge in [-0.3, -0.25) is 10.1 Å². The number of carboxylic acid groups (broad SMARTS) is 1. The van der Waals surface area contributed by atoms with E-state index in [1.807, 2.05) is 0 Å². The minimum absolute atomic E-state index is 0.498. The molecule has 0 radical (unpaired) electrons. The molecule has 1 rings (SSSR count). The highest BCUT2D eigenvalue weighted by Crippen LogP contribution is 2.35. The zero-order valence-corrected chi connectivity index (χ0v) is 8.56. The number of benzene rings is 1. The van der Waals surface area contributed by atoms with E-state index in [1.54, 1.807) is 0 Å². The van der Waals surface area contributed by atoms with Crippen LogP contribution in [0.15, 0.2) is 12.1 Å². The molecule has 0 saturated heterocycles. The Labute approximate surface area is 97.4 Å². The maximum Gasteiger partial charge on any atom is 0.393 e. The maximum absolute atomic E-state index is 12.2. The van der Waals surface area contributed by atoms with E-state index in [0.29, 0.717) is 12.1 Å². The van der Waals surface area contributed by atoms with Crippen molar-refractivity contribution in [2.45, 2.75) is 12.6 Å². The lowest BCUT2D eigenvalue weighted by Crippen LogP contribution is -2.13. The van der Waals surface area contributed by atoms with Crippen LogP contribution in [0.1, 0.15) is 15.9 Å². The lowest BCUT2D eigenvalue weighted by molar-refractivity contribution is -0.386. The van der Waals surface area contributed by atoms with Gasteiger partial charge in [0, 0.05) is 11.6 Å². The number of hydrogen-bond donors (Lipinski definition) is 2. The monoisotopic (exact) mass is 265 g/mol. The number of carbonyl (C=O) groups is 1. The molecule has 18 heavy (non-hydrogen) atoms. The summed E-state index contributed by atoms with van der Waals surface area (Å²) in [6.45, 7) is 0. The van der Waals surface area contributed by atoms with Gasteiger partial charge in [-0.15, -0.1) is 0 Å². The maximum atomic E-state index is 12.2. The highest BCUT2D eigenvalue weighted by Gasteiger charge is 2.32. The van der Waals surface area contributed by atoms with Crippen LogP contribution in [0, 0.1) is 10.1 Å². The van der Waals surface area contributed by atoms with Crippen molar-refractivity contribution in [2.75, 3.05) is 0 Å². The highest BCUT2D eigenvalue weighted by atomic mass is 19.4. The zero-order chi connectivity index (χ0) is 14.1. The molecule has 0 aromatic heterocycles. The van der Waals surface area contributed by atoms with Crippen molar-refractivity contribution < 1.29 is 33.1 Å². The number of halogens is 3. The molecule has 0 heterocycles. The van der Waals surface area contributed by atoms with Gasteiger partial charge in [0.25, 0.3) is 0 Å². The molecule has 0 atom stereocenters. The van der Waals surface area contributed by atoms with Crippen molar-refractivity contribution in [3.05, 3.63) is 33.4 Å². The first-order valence-electron chi connectivity index (χ1n) is 4.42. The van der Waals surface area contributed by atoms with Crippen molar-refractivity contribution in [2.24, 2.45) is 0 Å². The largest absolute Gasteiger partial charge is 0.502 e. The second-order valence-electron chi connectivity index (χ2n) is 3.36. The van der Waals surface area contributed by atoms with Crippen LogP contribution in [-0.2, 0) is 6.42 Å². The van der Waals surface area contributed by atoms with Gasteiger partial charge in [-0.2, -0.15) is 13.2 Å². The van der Waals surface area contributed by atoms with Gasteiger partial charge in [0.1, 0.15) is 0 Å². The van der Waals surface area contributed by atoms with Gasteiger partial charge < -0.3 is 10.2 Å². The number of phenolic OH excluding ortho intramolecular Hbond substituents is 1. The molecule has 2 N–H and O–H groups in total. The Kier molecular flexibility index (Phi) is 3.44. The van der Waals surface area contributed by atoms with Crippen LogP contribution in [0.3, 0.4) is 0 Å². The third-order valence-electron chi connectivity index (χ3n) is 2.00. The summed E-state index contributed by atoms with van der Waals surface area (Å²) in [6.07, 6.45) is -6.37. The summed E-state index contributed by atoms with van der Waals surface area (Å²) in [7, 11) is 0.